The first kappa shape index (κ1) is 16.1. The first-order valence-electron chi connectivity index (χ1n) is 7.32. The summed E-state index contributed by atoms with van der Waals surface area (Å²) in [6.45, 7) is 5.57. The maximum Gasteiger partial charge on any atom is 0.264 e. The zero-order valence-electron chi connectivity index (χ0n) is 13.6. The van der Waals surface area contributed by atoms with Gasteiger partial charge in [-0.05, 0) is 39.0 Å². The van der Waals surface area contributed by atoms with E-state index in [1.54, 1.807) is 35.9 Å². The van der Waals surface area contributed by atoms with Gasteiger partial charge in [-0.15, -0.1) is 0 Å². The lowest BCUT2D eigenvalue weighted by molar-refractivity contribution is 0.600. The number of rotatable bonds is 4. The molecular weight excluding hydrogens is 326 g/mol. The van der Waals surface area contributed by atoms with Crippen LogP contribution in [-0.4, -0.2) is 28.2 Å². The summed E-state index contributed by atoms with van der Waals surface area (Å²) in [7, 11) is -3.74. The van der Waals surface area contributed by atoms with Crippen LogP contribution in [0.5, 0.6) is 0 Å². The van der Waals surface area contributed by atoms with E-state index in [9.17, 15) is 8.42 Å². The SMILES string of the molecule is Cc1cc(-n2nc(C)cc2C)nc(NS(=O)(=O)c2ccccc2)n1. The number of benzene rings is 1. The van der Waals surface area contributed by atoms with Crippen molar-refractivity contribution in [3.8, 4) is 5.82 Å². The van der Waals surface area contributed by atoms with E-state index in [1.165, 1.54) is 12.1 Å². The number of hydrogen-bond donors (Lipinski definition) is 1. The van der Waals surface area contributed by atoms with Gasteiger partial charge < -0.3 is 0 Å². The summed E-state index contributed by atoms with van der Waals surface area (Å²) >= 11 is 0. The van der Waals surface area contributed by atoms with Gasteiger partial charge in [-0.1, -0.05) is 18.2 Å². The van der Waals surface area contributed by atoms with Crippen LogP contribution in [0.15, 0.2) is 47.4 Å². The maximum absolute atomic E-state index is 12.4. The second kappa shape index (κ2) is 6.04. The van der Waals surface area contributed by atoms with Crippen molar-refractivity contribution >= 4 is 16.0 Å². The number of aromatic nitrogens is 4. The summed E-state index contributed by atoms with van der Waals surface area (Å²) in [6.07, 6.45) is 0. The zero-order valence-corrected chi connectivity index (χ0v) is 14.4. The summed E-state index contributed by atoms with van der Waals surface area (Å²) < 4.78 is 28.9. The van der Waals surface area contributed by atoms with Crippen LogP contribution in [0.25, 0.3) is 5.82 Å². The molecule has 1 N–H and O–H groups in total. The van der Waals surface area contributed by atoms with Gasteiger partial charge >= 0.3 is 0 Å². The summed E-state index contributed by atoms with van der Waals surface area (Å²) in [5.74, 6) is 0.528. The molecule has 7 nitrogen and oxygen atoms in total. The van der Waals surface area contributed by atoms with Crippen molar-refractivity contribution in [2.75, 3.05) is 4.72 Å². The van der Waals surface area contributed by atoms with Gasteiger partial charge in [0.1, 0.15) is 0 Å². The quantitative estimate of drug-likeness (QED) is 0.785. The number of anilines is 1. The molecular formula is C16H17N5O2S. The summed E-state index contributed by atoms with van der Waals surface area (Å²) in [5.41, 5.74) is 2.40. The van der Waals surface area contributed by atoms with Crippen molar-refractivity contribution < 1.29 is 8.42 Å². The van der Waals surface area contributed by atoms with Crippen LogP contribution in [-0.2, 0) is 10.0 Å². The molecule has 0 unspecified atom stereocenters. The molecule has 0 amide bonds. The fraction of sp³-hybridized carbons (Fsp3) is 0.188. The van der Waals surface area contributed by atoms with Crippen LogP contribution in [0.4, 0.5) is 5.95 Å². The molecule has 0 fully saturated rings. The van der Waals surface area contributed by atoms with Crippen LogP contribution in [0.3, 0.4) is 0 Å². The van der Waals surface area contributed by atoms with Gasteiger partial charge in [0.05, 0.1) is 10.6 Å². The van der Waals surface area contributed by atoms with Crippen LogP contribution < -0.4 is 4.72 Å². The van der Waals surface area contributed by atoms with E-state index >= 15 is 0 Å². The molecule has 0 aliphatic carbocycles. The lowest BCUT2D eigenvalue weighted by Gasteiger charge is -2.10. The molecule has 2 aromatic heterocycles. The topological polar surface area (TPSA) is 89.8 Å². The monoisotopic (exact) mass is 343 g/mol. The minimum absolute atomic E-state index is 0.0152. The Bertz CT molecular complexity index is 981. The van der Waals surface area contributed by atoms with Crippen LogP contribution in [0, 0.1) is 20.8 Å². The lowest BCUT2D eigenvalue weighted by Crippen LogP contribution is -2.16. The number of aryl methyl sites for hydroxylation is 3. The Balaban J connectivity index is 2.00. The molecule has 2 heterocycles. The summed E-state index contributed by atoms with van der Waals surface area (Å²) in [6, 6.07) is 11.8. The minimum atomic E-state index is -3.74. The molecule has 124 valence electrons. The highest BCUT2D eigenvalue weighted by Crippen LogP contribution is 2.16. The fourth-order valence-electron chi connectivity index (χ4n) is 2.35. The third-order valence-electron chi connectivity index (χ3n) is 3.35. The van der Waals surface area contributed by atoms with Gasteiger partial charge in [-0.3, -0.25) is 0 Å². The maximum atomic E-state index is 12.4. The van der Waals surface area contributed by atoms with E-state index in [4.69, 9.17) is 0 Å². The fourth-order valence-corrected chi connectivity index (χ4v) is 3.31. The predicted octanol–water partition coefficient (Wildman–Crippen LogP) is 2.39. The van der Waals surface area contributed by atoms with Gasteiger partial charge in [0.2, 0.25) is 5.95 Å². The van der Waals surface area contributed by atoms with Crippen molar-refractivity contribution in [1.29, 1.82) is 0 Å². The van der Waals surface area contributed by atoms with Crippen molar-refractivity contribution in [3.63, 3.8) is 0 Å². The number of nitrogens with zero attached hydrogens (tertiary/aromatic N) is 4. The van der Waals surface area contributed by atoms with Gasteiger partial charge in [0.15, 0.2) is 5.82 Å². The molecule has 0 atom stereocenters. The first-order chi connectivity index (χ1) is 11.3. The number of sulfonamides is 1. The van der Waals surface area contributed by atoms with Crippen LogP contribution in [0.2, 0.25) is 0 Å². The Morgan fingerprint density at radius 3 is 2.29 bits per heavy atom. The van der Waals surface area contributed by atoms with Gasteiger partial charge in [0.25, 0.3) is 10.0 Å². The molecule has 1 aromatic carbocycles. The van der Waals surface area contributed by atoms with Gasteiger partial charge in [-0.25, -0.2) is 22.8 Å². The van der Waals surface area contributed by atoms with E-state index in [0.717, 1.165) is 11.4 Å². The average molecular weight is 343 g/mol. The normalized spacial score (nSPS) is 11.5. The van der Waals surface area contributed by atoms with Crippen molar-refractivity contribution in [1.82, 2.24) is 19.7 Å². The second-order valence-electron chi connectivity index (χ2n) is 5.45. The van der Waals surface area contributed by atoms with Crippen molar-refractivity contribution in [3.05, 3.63) is 59.5 Å². The molecule has 3 rings (SSSR count). The van der Waals surface area contributed by atoms with Crippen LogP contribution >= 0.6 is 0 Å². The smallest absolute Gasteiger partial charge is 0.247 e. The molecule has 0 saturated heterocycles. The Morgan fingerprint density at radius 1 is 0.958 bits per heavy atom. The molecule has 0 radical (unpaired) electrons. The molecule has 3 aromatic rings. The zero-order chi connectivity index (χ0) is 17.3. The van der Waals surface area contributed by atoms with E-state index in [-0.39, 0.29) is 10.8 Å². The van der Waals surface area contributed by atoms with Gasteiger partial charge in [0, 0.05) is 17.5 Å². The third-order valence-corrected chi connectivity index (χ3v) is 4.69. The van der Waals surface area contributed by atoms with Crippen molar-refractivity contribution in [2.45, 2.75) is 25.7 Å². The Labute approximate surface area is 140 Å². The molecule has 0 spiro atoms. The predicted molar refractivity (Wildman–Crippen MR) is 90.6 cm³/mol. The highest BCUT2D eigenvalue weighted by molar-refractivity contribution is 7.92. The van der Waals surface area contributed by atoms with Gasteiger partial charge in [-0.2, -0.15) is 10.1 Å². The molecule has 0 aliphatic rings. The number of nitrogens with one attached hydrogen (secondary N) is 1. The molecule has 0 saturated carbocycles. The van der Waals surface area contributed by atoms with Crippen LogP contribution in [0.1, 0.15) is 17.1 Å². The molecule has 0 bridgehead atoms. The standard InChI is InChI=1S/C16H17N5O2S/c1-11-10-15(21-13(3)9-12(2)19-21)18-16(17-11)20-24(22,23)14-7-5-4-6-8-14/h4-10H,1-3H3,(H,17,18,20). The second-order valence-corrected chi connectivity index (χ2v) is 7.13. The summed E-state index contributed by atoms with van der Waals surface area (Å²) in [4.78, 5) is 8.61. The molecule has 8 heteroatoms. The van der Waals surface area contributed by atoms with E-state index in [1.807, 2.05) is 19.9 Å². The van der Waals surface area contributed by atoms with Crippen molar-refractivity contribution in [2.24, 2.45) is 0 Å². The largest absolute Gasteiger partial charge is 0.264 e. The minimum Gasteiger partial charge on any atom is -0.247 e. The lowest BCUT2D eigenvalue weighted by atomic mass is 10.4. The Hall–Kier alpha value is -2.74. The first-order valence-corrected chi connectivity index (χ1v) is 8.81. The highest BCUT2D eigenvalue weighted by Gasteiger charge is 2.16. The van der Waals surface area contributed by atoms with E-state index in [0.29, 0.717) is 11.5 Å². The molecule has 24 heavy (non-hydrogen) atoms. The Morgan fingerprint density at radius 2 is 1.67 bits per heavy atom. The third kappa shape index (κ3) is 3.28. The number of hydrogen-bond acceptors (Lipinski definition) is 5. The molecule has 0 aliphatic heterocycles. The van der Waals surface area contributed by atoms with E-state index in [2.05, 4.69) is 19.8 Å². The Kier molecular flexibility index (Phi) is 4.06. The van der Waals surface area contributed by atoms with E-state index < -0.39 is 10.0 Å². The highest BCUT2D eigenvalue weighted by atomic mass is 32.2. The summed E-state index contributed by atoms with van der Waals surface area (Å²) in [5, 5.41) is 4.37. The average Bonchev–Trinajstić information content (AvgIpc) is 2.86.